The minimum absolute atomic E-state index is 0.00708. The number of fused-ring (bicyclic) bond motifs is 1. The summed E-state index contributed by atoms with van der Waals surface area (Å²) in [4.78, 5) is 18.5. The molecular formula is C25H33FN2O4S. The first kappa shape index (κ1) is 25.4. The lowest BCUT2D eigenvalue weighted by molar-refractivity contribution is -0.136. The zero-order valence-electron chi connectivity index (χ0n) is 19.1. The molecule has 1 aliphatic rings. The average Bonchev–Trinajstić information content (AvgIpc) is 3.27. The fourth-order valence-electron chi connectivity index (χ4n) is 4.08. The lowest BCUT2D eigenvalue weighted by Gasteiger charge is -2.37. The van der Waals surface area contributed by atoms with Crippen LogP contribution in [-0.4, -0.2) is 72.9 Å². The molecule has 2 aromatic rings. The molecule has 33 heavy (non-hydrogen) atoms. The minimum atomic E-state index is -0.679. The van der Waals surface area contributed by atoms with Crippen LogP contribution in [0.5, 0.6) is 5.75 Å². The van der Waals surface area contributed by atoms with E-state index in [0.29, 0.717) is 32.0 Å². The number of amides is 1. The first-order chi connectivity index (χ1) is 16.0. The quantitative estimate of drug-likeness (QED) is 0.353. The number of hydrogen-bond donors (Lipinski definition) is 1. The molecule has 0 saturated carbocycles. The monoisotopic (exact) mass is 476 g/mol. The number of halogens is 1. The van der Waals surface area contributed by atoms with Crippen molar-refractivity contribution in [3.8, 4) is 5.75 Å². The molecule has 1 aromatic heterocycles. The maximum Gasteiger partial charge on any atom is 0.237 e. The van der Waals surface area contributed by atoms with Crippen molar-refractivity contribution in [2.24, 2.45) is 0 Å². The number of hydrogen-bond acceptors (Lipinski definition) is 6. The summed E-state index contributed by atoms with van der Waals surface area (Å²) in [6.07, 6.45) is 2.64. The zero-order valence-corrected chi connectivity index (χ0v) is 19.9. The van der Waals surface area contributed by atoms with E-state index in [0.717, 1.165) is 18.4 Å². The van der Waals surface area contributed by atoms with Gasteiger partial charge in [-0.3, -0.25) is 9.69 Å². The van der Waals surface area contributed by atoms with Crippen LogP contribution in [0.4, 0.5) is 4.39 Å². The average molecular weight is 477 g/mol. The Labute approximate surface area is 199 Å². The number of thiophene rings is 1. The number of aliphatic hydroxyl groups excluding tert-OH is 1. The van der Waals surface area contributed by atoms with Crippen LogP contribution in [0.15, 0.2) is 48.4 Å². The lowest BCUT2D eigenvalue weighted by atomic mass is 10.0. The summed E-state index contributed by atoms with van der Waals surface area (Å²) >= 11 is 1.69. The van der Waals surface area contributed by atoms with Gasteiger partial charge < -0.3 is 19.5 Å². The molecular weight excluding hydrogens is 443 g/mol. The van der Waals surface area contributed by atoms with Crippen molar-refractivity contribution in [1.82, 2.24) is 9.80 Å². The van der Waals surface area contributed by atoms with E-state index in [4.69, 9.17) is 9.47 Å². The van der Waals surface area contributed by atoms with Gasteiger partial charge in [-0.15, -0.1) is 17.9 Å². The van der Waals surface area contributed by atoms with E-state index >= 15 is 0 Å². The van der Waals surface area contributed by atoms with Gasteiger partial charge in [0, 0.05) is 24.0 Å². The summed E-state index contributed by atoms with van der Waals surface area (Å²) in [6.45, 7) is 8.36. The topological polar surface area (TPSA) is 62.2 Å². The highest BCUT2D eigenvalue weighted by Crippen LogP contribution is 2.34. The highest BCUT2D eigenvalue weighted by Gasteiger charge is 2.33. The molecule has 180 valence electrons. The normalized spacial score (nSPS) is 16.5. The molecule has 1 N–H and O–H groups in total. The molecule has 0 bridgehead atoms. The third-order valence-electron chi connectivity index (χ3n) is 5.53. The largest absolute Gasteiger partial charge is 0.491 e. The highest BCUT2D eigenvalue weighted by atomic mass is 32.1. The number of ether oxygens (including phenoxy) is 2. The molecule has 1 amide bonds. The SMILES string of the molecule is C=CCOC[C@H](O)CN(CCC)CC(=O)N1CCc2sccc2[C@H]1COc1cccc(F)c1. The second-order valence-electron chi connectivity index (χ2n) is 8.14. The predicted octanol–water partition coefficient (Wildman–Crippen LogP) is 3.67. The molecule has 0 aliphatic carbocycles. The van der Waals surface area contributed by atoms with Crippen molar-refractivity contribution in [3.63, 3.8) is 0 Å². The van der Waals surface area contributed by atoms with Gasteiger partial charge in [-0.25, -0.2) is 4.39 Å². The van der Waals surface area contributed by atoms with Crippen molar-refractivity contribution in [1.29, 1.82) is 0 Å². The summed E-state index contributed by atoms with van der Waals surface area (Å²) in [6, 6.07) is 7.86. The van der Waals surface area contributed by atoms with Crippen LogP contribution in [0.3, 0.4) is 0 Å². The molecule has 0 spiro atoms. The van der Waals surface area contributed by atoms with Gasteiger partial charge in [0.1, 0.15) is 18.2 Å². The number of benzene rings is 1. The Balaban J connectivity index is 1.67. The Hall–Kier alpha value is -2.26. The summed E-state index contributed by atoms with van der Waals surface area (Å²) < 4.78 is 24.8. The van der Waals surface area contributed by atoms with Crippen LogP contribution in [-0.2, 0) is 16.0 Å². The number of rotatable bonds is 13. The van der Waals surface area contributed by atoms with Crippen molar-refractivity contribution >= 4 is 17.2 Å². The molecule has 3 rings (SSSR count). The van der Waals surface area contributed by atoms with E-state index in [9.17, 15) is 14.3 Å². The van der Waals surface area contributed by atoms with Gasteiger partial charge in [0.15, 0.2) is 0 Å². The molecule has 0 unspecified atom stereocenters. The van der Waals surface area contributed by atoms with Gasteiger partial charge >= 0.3 is 0 Å². The van der Waals surface area contributed by atoms with E-state index in [2.05, 4.69) is 6.58 Å². The maximum atomic E-state index is 13.6. The van der Waals surface area contributed by atoms with Crippen LogP contribution in [0, 0.1) is 5.82 Å². The van der Waals surface area contributed by atoms with Crippen LogP contribution in [0.1, 0.15) is 29.8 Å². The van der Waals surface area contributed by atoms with Gasteiger partial charge in [-0.1, -0.05) is 19.1 Å². The van der Waals surface area contributed by atoms with Gasteiger partial charge in [0.2, 0.25) is 5.91 Å². The van der Waals surface area contributed by atoms with Crippen LogP contribution in [0.2, 0.25) is 0 Å². The molecule has 2 atom stereocenters. The third kappa shape index (κ3) is 7.37. The minimum Gasteiger partial charge on any atom is -0.491 e. The highest BCUT2D eigenvalue weighted by molar-refractivity contribution is 7.10. The van der Waals surface area contributed by atoms with Crippen LogP contribution in [0.25, 0.3) is 0 Å². The molecule has 2 heterocycles. The molecule has 1 aromatic carbocycles. The Morgan fingerprint density at radius 3 is 3.06 bits per heavy atom. The van der Waals surface area contributed by atoms with Crippen molar-refractivity contribution in [2.75, 3.05) is 46.0 Å². The lowest BCUT2D eigenvalue weighted by Crippen LogP contribution is -2.48. The fourth-order valence-corrected chi connectivity index (χ4v) is 5.01. The predicted molar refractivity (Wildman–Crippen MR) is 128 cm³/mol. The van der Waals surface area contributed by atoms with E-state index in [1.54, 1.807) is 29.5 Å². The zero-order chi connectivity index (χ0) is 23.6. The van der Waals surface area contributed by atoms with E-state index in [1.807, 2.05) is 28.2 Å². The summed E-state index contributed by atoms with van der Waals surface area (Å²) in [7, 11) is 0. The summed E-state index contributed by atoms with van der Waals surface area (Å²) in [5.41, 5.74) is 1.09. The van der Waals surface area contributed by atoms with Gasteiger partial charge in [-0.2, -0.15) is 0 Å². The maximum absolute atomic E-state index is 13.6. The van der Waals surface area contributed by atoms with Gasteiger partial charge in [0.25, 0.3) is 0 Å². The van der Waals surface area contributed by atoms with Crippen molar-refractivity contribution in [3.05, 3.63) is 64.6 Å². The Bertz CT molecular complexity index is 906. The van der Waals surface area contributed by atoms with E-state index in [1.165, 1.54) is 17.0 Å². The Morgan fingerprint density at radius 1 is 1.45 bits per heavy atom. The third-order valence-corrected chi connectivity index (χ3v) is 6.53. The molecule has 0 radical (unpaired) electrons. The summed E-state index contributed by atoms with van der Waals surface area (Å²) in [5.74, 6) is 0.0819. The van der Waals surface area contributed by atoms with Crippen molar-refractivity contribution < 1.29 is 23.8 Å². The second-order valence-corrected chi connectivity index (χ2v) is 9.14. The molecule has 0 saturated heterocycles. The van der Waals surface area contributed by atoms with Gasteiger partial charge in [-0.05, 0) is 48.5 Å². The molecule has 8 heteroatoms. The number of carbonyl (C=O) groups excluding carboxylic acids is 1. The molecule has 0 fully saturated rings. The first-order valence-corrected chi connectivity index (χ1v) is 12.2. The Kier molecular flexibility index (Phi) is 9.87. The molecule has 6 nitrogen and oxygen atoms in total. The van der Waals surface area contributed by atoms with Crippen molar-refractivity contribution in [2.45, 2.75) is 31.9 Å². The number of aliphatic hydroxyl groups is 1. The van der Waals surface area contributed by atoms with E-state index < -0.39 is 6.10 Å². The van der Waals surface area contributed by atoms with Crippen LogP contribution < -0.4 is 4.74 Å². The van der Waals surface area contributed by atoms with Gasteiger partial charge in [0.05, 0.1) is 31.9 Å². The first-order valence-electron chi connectivity index (χ1n) is 11.3. The summed E-state index contributed by atoms with van der Waals surface area (Å²) in [5, 5.41) is 12.3. The van der Waals surface area contributed by atoms with E-state index in [-0.39, 0.29) is 37.5 Å². The second kappa shape index (κ2) is 12.8. The standard InChI is InChI=1S/C25H33FN2O4S/c1-3-10-27(15-20(29)17-31-12-4-2)16-25(30)28-11-8-24-22(9-13-33-24)23(28)18-32-21-7-5-6-19(26)14-21/h4-7,9,13-14,20,23,29H,2-3,8,10-12,15-18H2,1H3/t20-,23-/m1/s1. The number of nitrogens with zero attached hydrogens (tertiary/aromatic N) is 2. The Morgan fingerprint density at radius 2 is 2.30 bits per heavy atom. The van der Waals surface area contributed by atoms with Crippen LogP contribution >= 0.6 is 11.3 Å². The molecule has 1 aliphatic heterocycles. The smallest absolute Gasteiger partial charge is 0.237 e. The fraction of sp³-hybridized carbons (Fsp3) is 0.480. The number of carbonyl (C=O) groups is 1.